The lowest BCUT2D eigenvalue weighted by Crippen LogP contribution is -2.28. The molecule has 6 heteroatoms. The minimum Gasteiger partial charge on any atom is -0.496 e. The third-order valence-electron chi connectivity index (χ3n) is 3.37. The van der Waals surface area contributed by atoms with Crippen molar-refractivity contribution in [3.05, 3.63) is 18.2 Å². The van der Waals surface area contributed by atoms with Crippen molar-refractivity contribution < 1.29 is 4.74 Å². The molecule has 0 saturated heterocycles. The minimum atomic E-state index is -0.153. The molecule has 0 aliphatic carbocycles. The van der Waals surface area contributed by atoms with E-state index in [0.29, 0.717) is 17.3 Å². The molecule has 0 aliphatic rings. The number of benzene rings is 1. The number of hydrogen-bond acceptors (Lipinski definition) is 5. The lowest BCUT2D eigenvalue weighted by Gasteiger charge is -2.25. The Hall–Kier alpha value is -2.11. The topological polar surface area (TPSA) is 78.9 Å². The summed E-state index contributed by atoms with van der Waals surface area (Å²) in [6.07, 6.45) is 2.05. The van der Waals surface area contributed by atoms with Gasteiger partial charge in [-0.1, -0.05) is 13.3 Å². The predicted molar refractivity (Wildman–Crippen MR) is 78.4 cm³/mol. The van der Waals surface area contributed by atoms with E-state index in [-0.39, 0.29) is 5.54 Å². The van der Waals surface area contributed by atoms with Crippen LogP contribution in [0.3, 0.4) is 0 Å². The largest absolute Gasteiger partial charge is 0.496 e. The van der Waals surface area contributed by atoms with Gasteiger partial charge in [-0.3, -0.25) is 0 Å². The van der Waals surface area contributed by atoms with Crippen LogP contribution in [-0.4, -0.2) is 27.3 Å². The molecule has 2 N–H and O–H groups in total. The molecule has 0 fully saturated rings. The second-order valence-electron chi connectivity index (χ2n) is 5.44. The van der Waals surface area contributed by atoms with Gasteiger partial charge in [-0.05, 0) is 42.8 Å². The smallest absolute Gasteiger partial charge is 0.186 e. The lowest BCUT2D eigenvalue weighted by molar-refractivity contribution is 0.289. The molecule has 0 aliphatic heterocycles. The zero-order valence-corrected chi connectivity index (χ0v) is 12.4. The number of aromatic nitrogens is 4. The van der Waals surface area contributed by atoms with E-state index < -0.39 is 0 Å². The monoisotopic (exact) mass is 275 g/mol. The Balaban J connectivity index is 2.53. The van der Waals surface area contributed by atoms with Crippen LogP contribution < -0.4 is 10.5 Å². The Kier molecular flexibility index (Phi) is 3.92. The molecule has 2 rings (SSSR count). The van der Waals surface area contributed by atoms with Crippen LogP contribution in [-0.2, 0) is 5.54 Å². The van der Waals surface area contributed by atoms with E-state index in [1.54, 1.807) is 13.2 Å². The van der Waals surface area contributed by atoms with E-state index in [4.69, 9.17) is 10.5 Å². The summed E-state index contributed by atoms with van der Waals surface area (Å²) in [6, 6.07) is 5.49. The van der Waals surface area contributed by atoms with Gasteiger partial charge in [-0.2, -0.15) is 0 Å². The van der Waals surface area contributed by atoms with Gasteiger partial charge < -0.3 is 10.5 Å². The molecule has 1 aromatic carbocycles. The molecule has 0 unspecified atom stereocenters. The van der Waals surface area contributed by atoms with Crippen molar-refractivity contribution in [1.29, 1.82) is 0 Å². The van der Waals surface area contributed by atoms with Crippen LogP contribution in [0, 0.1) is 0 Å². The Morgan fingerprint density at radius 2 is 2.10 bits per heavy atom. The quantitative estimate of drug-likeness (QED) is 0.848. The van der Waals surface area contributed by atoms with E-state index in [9.17, 15) is 0 Å². The van der Waals surface area contributed by atoms with Crippen LogP contribution in [0.25, 0.3) is 11.4 Å². The highest BCUT2D eigenvalue weighted by molar-refractivity contribution is 5.67. The van der Waals surface area contributed by atoms with Crippen LogP contribution in [0.5, 0.6) is 5.75 Å². The van der Waals surface area contributed by atoms with Gasteiger partial charge in [0, 0.05) is 11.8 Å². The van der Waals surface area contributed by atoms with Gasteiger partial charge in [-0.25, -0.2) is 4.68 Å². The zero-order chi connectivity index (χ0) is 14.8. The average molecular weight is 275 g/mol. The van der Waals surface area contributed by atoms with Crippen molar-refractivity contribution in [1.82, 2.24) is 20.2 Å². The van der Waals surface area contributed by atoms with E-state index >= 15 is 0 Å². The first-order chi connectivity index (χ1) is 9.49. The van der Waals surface area contributed by atoms with Crippen LogP contribution in [0.15, 0.2) is 18.2 Å². The molecule has 20 heavy (non-hydrogen) atoms. The molecule has 0 spiro atoms. The van der Waals surface area contributed by atoms with E-state index in [1.165, 1.54) is 0 Å². The summed E-state index contributed by atoms with van der Waals surface area (Å²) in [7, 11) is 1.61. The van der Waals surface area contributed by atoms with Crippen LogP contribution >= 0.6 is 0 Å². The highest BCUT2D eigenvalue weighted by atomic mass is 16.5. The summed E-state index contributed by atoms with van der Waals surface area (Å²) in [5.41, 5.74) is 7.13. The number of hydrogen-bond donors (Lipinski definition) is 1. The number of tetrazole rings is 1. The second kappa shape index (κ2) is 5.48. The van der Waals surface area contributed by atoms with E-state index in [2.05, 4.69) is 36.3 Å². The SMILES string of the molecule is CCCC(C)(C)n1nnnc1-c1ccc(N)cc1OC. The highest BCUT2D eigenvalue weighted by Crippen LogP contribution is 2.33. The normalized spacial score (nSPS) is 11.6. The number of nitrogens with zero attached hydrogens (tertiary/aromatic N) is 4. The first kappa shape index (κ1) is 14.3. The zero-order valence-electron chi connectivity index (χ0n) is 12.4. The number of rotatable bonds is 5. The fourth-order valence-corrected chi connectivity index (χ4v) is 2.37. The van der Waals surface area contributed by atoms with Crippen molar-refractivity contribution in [3.8, 4) is 17.1 Å². The fraction of sp³-hybridized carbons (Fsp3) is 0.500. The van der Waals surface area contributed by atoms with E-state index in [1.807, 2.05) is 16.8 Å². The van der Waals surface area contributed by atoms with Gasteiger partial charge in [-0.15, -0.1) is 5.10 Å². The second-order valence-corrected chi connectivity index (χ2v) is 5.44. The van der Waals surface area contributed by atoms with Crippen molar-refractivity contribution in [3.63, 3.8) is 0 Å². The summed E-state index contributed by atoms with van der Waals surface area (Å²) < 4.78 is 7.24. The van der Waals surface area contributed by atoms with Crippen LogP contribution in [0.1, 0.15) is 33.6 Å². The standard InChI is InChI=1S/C14H21N5O/c1-5-8-14(2,3)19-13(16-17-18-19)11-7-6-10(15)9-12(11)20-4/h6-7,9H,5,8,15H2,1-4H3. The van der Waals surface area contributed by atoms with Crippen molar-refractivity contribution in [2.45, 2.75) is 39.2 Å². The van der Waals surface area contributed by atoms with E-state index in [0.717, 1.165) is 18.4 Å². The van der Waals surface area contributed by atoms with Crippen molar-refractivity contribution >= 4 is 5.69 Å². The molecule has 2 aromatic rings. The van der Waals surface area contributed by atoms with Gasteiger partial charge in [0.2, 0.25) is 0 Å². The number of ether oxygens (including phenoxy) is 1. The van der Waals surface area contributed by atoms with Crippen LogP contribution in [0.4, 0.5) is 5.69 Å². The minimum absolute atomic E-state index is 0.153. The summed E-state index contributed by atoms with van der Waals surface area (Å²) in [6.45, 7) is 6.40. The Morgan fingerprint density at radius 3 is 2.75 bits per heavy atom. The molecule has 0 saturated carbocycles. The van der Waals surface area contributed by atoms with Gasteiger partial charge >= 0.3 is 0 Å². The lowest BCUT2D eigenvalue weighted by atomic mass is 9.98. The fourth-order valence-electron chi connectivity index (χ4n) is 2.37. The third kappa shape index (κ3) is 2.59. The number of nitrogen functional groups attached to an aromatic ring is 1. The molecular weight excluding hydrogens is 254 g/mol. The predicted octanol–water partition coefficient (Wildman–Crippen LogP) is 2.47. The highest BCUT2D eigenvalue weighted by Gasteiger charge is 2.26. The molecule has 1 heterocycles. The van der Waals surface area contributed by atoms with Gasteiger partial charge in [0.25, 0.3) is 0 Å². The van der Waals surface area contributed by atoms with Crippen LogP contribution in [0.2, 0.25) is 0 Å². The molecule has 0 bridgehead atoms. The Morgan fingerprint density at radius 1 is 1.35 bits per heavy atom. The van der Waals surface area contributed by atoms with Crippen molar-refractivity contribution in [2.75, 3.05) is 12.8 Å². The summed E-state index contributed by atoms with van der Waals surface area (Å²) in [5, 5.41) is 12.1. The first-order valence-corrected chi connectivity index (χ1v) is 6.72. The number of methoxy groups -OCH3 is 1. The third-order valence-corrected chi connectivity index (χ3v) is 3.37. The van der Waals surface area contributed by atoms with Gasteiger partial charge in [0.1, 0.15) is 5.75 Å². The maximum absolute atomic E-state index is 5.79. The number of nitrogens with two attached hydrogens (primary N) is 1. The van der Waals surface area contributed by atoms with Crippen molar-refractivity contribution in [2.24, 2.45) is 0 Å². The Bertz CT molecular complexity index is 591. The maximum Gasteiger partial charge on any atom is 0.186 e. The maximum atomic E-state index is 5.79. The molecule has 108 valence electrons. The summed E-state index contributed by atoms with van der Waals surface area (Å²) in [5.74, 6) is 1.37. The summed E-state index contributed by atoms with van der Waals surface area (Å²) in [4.78, 5) is 0. The Labute approximate surface area is 118 Å². The van der Waals surface area contributed by atoms with Gasteiger partial charge in [0.05, 0.1) is 18.2 Å². The molecular formula is C14H21N5O. The molecule has 6 nitrogen and oxygen atoms in total. The van der Waals surface area contributed by atoms with Gasteiger partial charge in [0.15, 0.2) is 5.82 Å². The number of anilines is 1. The average Bonchev–Trinajstić information content (AvgIpc) is 2.88. The first-order valence-electron chi connectivity index (χ1n) is 6.72. The molecule has 0 amide bonds. The molecule has 1 aromatic heterocycles. The summed E-state index contributed by atoms with van der Waals surface area (Å²) >= 11 is 0. The molecule has 0 atom stereocenters. The molecule has 0 radical (unpaired) electrons.